The molecule has 2 heterocycles. The van der Waals surface area contributed by atoms with Gasteiger partial charge in [0, 0.05) is 19.1 Å². The number of likely N-dealkylation sites (tertiary alicyclic amines) is 1. The molecular weight excluding hydrogens is 250 g/mol. The number of hydrogen-bond acceptors (Lipinski definition) is 4. The minimum Gasteiger partial charge on any atom is -0.306 e. The van der Waals surface area contributed by atoms with Gasteiger partial charge in [-0.2, -0.15) is 5.10 Å². The third-order valence-corrected chi connectivity index (χ3v) is 3.86. The molecule has 0 spiro atoms. The van der Waals surface area contributed by atoms with Crippen LogP contribution in [0.3, 0.4) is 0 Å². The van der Waals surface area contributed by atoms with Gasteiger partial charge in [0.1, 0.15) is 12.2 Å². The first kappa shape index (κ1) is 13.3. The van der Waals surface area contributed by atoms with E-state index < -0.39 is 0 Å². The van der Waals surface area contributed by atoms with Crippen LogP contribution in [0.5, 0.6) is 0 Å². The lowest BCUT2D eigenvalue weighted by atomic mass is 10.1. The zero-order valence-electron chi connectivity index (χ0n) is 11.6. The van der Waals surface area contributed by atoms with Gasteiger partial charge in [-0.3, -0.25) is 5.10 Å². The summed E-state index contributed by atoms with van der Waals surface area (Å²) in [6, 6.07) is 11.3. The quantitative estimate of drug-likeness (QED) is 0.829. The second-order valence-electron chi connectivity index (χ2n) is 5.33. The fraction of sp³-hybridized carbons (Fsp3) is 0.467. The lowest BCUT2D eigenvalue weighted by molar-refractivity contribution is 0.331. The van der Waals surface area contributed by atoms with Crippen molar-refractivity contribution in [2.45, 2.75) is 25.4 Å². The fourth-order valence-electron chi connectivity index (χ4n) is 2.69. The fourth-order valence-corrected chi connectivity index (χ4v) is 2.69. The standard InChI is InChI=1S/C15H21N5/c1-2-4-13(5-3-1)6-8-20-9-7-14(11-20)16-10-15-17-12-18-19-15/h1-5,12,14,16H,6-11H2,(H,17,18,19). The number of nitrogens with zero attached hydrogens (tertiary/aromatic N) is 3. The topological polar surface area (TPSA) is 56.8 Å². The van der Waals surface area contributed by atoms with Crippen molar-refractivity contribution in [3.8, 4) is 0 Å². The largest absolute Gasteiger partial charge is 0.306 e. The molecule has 20 heavy (non-hydrogen) atoms. The molecule has 0 radical (unpaired) electrons. The number of nitrogens with one attached hydrogen (secondary N) is 2. The van der Waals surface area contributed by atoms with Crippen LogP contribution in [0.25, 0.3) is 0 Å². The summed E-state index contributed by atoms with van der Waals surface area (Å²) in [6.07, 6.45) is 3.90. The lowest BCUT2D eigenvalue weighted by Gasteiger charge is -2.16. The van der Waals surface area contributed by atoms with Crippen molar-refractivity contribution in [1.29, 1.82) is 0 Å². The molecular formula is C15H21N5. The van der Waals surface area contributed by atoms with E-state index in [0.29, 0.717) is 6.04 Å². The Balaban J connectivity index is 1.38. The molecule has 1 aliphatic rings. The maximum atomic E-state index is 4.13. The van der Waals surface area contributed by atoms with Crippen LogP contribution in [0.2, 0.25) is 0 Å². The Labute approximate surface area is 119 Å². The van der Waals surface area contributed by atoms with Crippen molar-refractivity contribution >= 4 is 0 Å². The molecule has 2 N–H and O–H groups in total. The molecule has 1 aliphatic heterocycles. The van der Waals surface area contributed by atoms with Crippen molar-refractivity contribution in [1.82, 2.24) is 25.4 Å². The van der Waals surface area contributed by atoms with E-state index in [0.717, 1.165) is 31.9 Å². The summed E-state index contributed by atoms with van der Waals surface area (Å²) in [5, 5.41) is 10.3. The second kappa shape index (κ2) is 6.63. The van der Waals surface area contributed by atoms with E-state index in [4.69, 9.17) is 0 Å². The van der Waals surface area contributed by atoms with Crippen molar-refractivity contribution in [2.24, 2.45) is 0 Å². The molecule has 3 rings (SSSR count). The predicted octanol–water partition coefficient (Wildman–Crippen LogP) is 1.21. The molecule has 1 unspecified atom stereocenters. The molecule has 0 aliphatic carbocycles. The summed E-state index contributed by atoms with van der Waals surface area (Å²) in [5.41, 5.74) is 1.42. The lowest BCUT2D eigenvalue weighted by Crippen LogP contribution is -2.33. The van der Waals surface area contributed by atoms with Gasteiger partial charge in [-0.1, -0.05) is 30.3 Å². The van der Waals surface area contributed by atoms with Gasteiger partial charge in [0.15, 0.2) is 0 Å². The third-order valence-electron chi connectivity index (χ3n) is 3.86. The normalized spacial score (nSPS) is 19.5. The van der Waals surface area contributed by atoms with Crippen LogP contribution in [0.1, 0.15) is 17.8 Å². The van der Waals surface area contributed by atoms with Gasteiger partial charge in [0.05, 0.1) is 6.54 Å². The minimum absolute atomic E-state index is 0.566. The van der Waals surface area contributed by atoms with Gasteiger partial charge < -0.3 is 10.2 Å². The molecule has 0 amide bonds. The van der Waals surface area contributed by atoms with Gasteiger partial charge >= 0.3 is 0 Å². The summed E-state index contributed by atoms with van der Waals surface area (Å²) in [6.45, 7) is 4.23. The Kier molecular flexibility index (Phi) is 4.40. The number of aromatic nitrogens is 3. The van der Waals surface area contributed by atoms with E-state index in [9.17, 15) is 0 Å². The van der Waals surface area contributed by atoms with Gasteiger partial charge in [-0.05, 0) is 24.9 Å². The highest BCUT2D eigenvalue weighted by Gasteiger charge is 2.21. The van der Waals surface area contributed by atoms with Crippen molar-refractivity contribution in [3.05, 3.63) is 48.0 Å². The van der Waals surface area contributed by atoms with Crippen molar-refractivity contribution in [2.75, 3.05) is 19.6 Å². The van der Waals surface area contributed by atoms with E-state index >= 15 is 0 Å². The van der Waals surface area contributed by atoms with Crippen LogP contribution in [0.15, 0.2) is 36.7 Å². The highest BCUT2D eigenvalue weighted by Crippen LogP contribution is 2.11. The Morgan fingerprint density at radius 1 is 1.30 bits per heavy atom. The van der Waals surface area contributed by atoms with Gasteiger partial charge in [0.2, 0.25) is 0 Å². The van der Waals surface area contributed by atoms with Crippen molar-refractivity contribution in [3.63, 3.8) is 0 Å². The van der Waals surface area contributed by atoms with Gasteiger partial charge in [-0.25, -0.2) is 4.98 Å². The number of aromatic amines is 1. The molecule has 1 atom stereocenters. The summed E-state index contributed by atoms with van der Waals surface area (Å²) < 4.78 is 0. The Bertz CT molecular complexity index is 496. The molecule has 0 saturated carbocycles. The Morgan fingerprint density at radius 2 is 2.20 bits per heavy atom. The summed E-state index contributed by atoms with van der Waals surface area (Å²) in [4.78, 5) is 6.66. The zero-order valence-corrected chi connectivity index (χ0v) is 11.6. The maximum Gasteiger partial charge on any atom is 0.138 e. The molecule has 1 aromatic heterocycles. The zero-order chi connectivity index (χ0) is 13.6. The molecule has 1 fully saturated rings. The number of H-pyrrole nitrogens is 1. The smallest absolute Gasteiger partial charge is 0.138 e. The maximum absolute atomic E-state index is 4.13. The number of hydrogen-bond donors (Lipinski definition) is 2. The monoisotopic (exact) mass is 271 g/mol. The van der Waals surface area contributed by atoms with Crippen LogP contribution in [-0.4, -0.2) is 45.8 Å². The molecule has 0 bridgehead atoms. The van der Waals surface area contributed by atoms with Crippen LogP contribution in [-0.2, 0) is 13.0 Å². The van der Waals surface area contributed by atoms with Crippen molar-refractivity contribution < 1.29 is 0 Å². The molecule has 1 aromatic carbocycles. The van der Waals surface area contributed by atoms with E-state index in [1.807, 2.05) is 0 Å². The second-order valence-corrected chi connectivity index (χ2v) is 5.33. The average molecular weight is 271 g/mol. The Hall–Kier alpha value is -1.72. The van der Waals surface area contributed by atoms with Crippen LogP contribution in [0, 0.1) is 0 Å². The van der Waals surface area contributed by atoms with Crippen LogP contribution < -0.4 is 5.32 Å². The summed E-state index contributed by atoms with van der Waals surface area (Å²) >= 11 is 0. The summed E-state index contributed by atoms with van der Waals surface area (Å²) in [5.74, 6) is 0.910. The highest BCUT2D eigenvalue weighted by molar-refractivity contribution is 5.14. The highest BCUT2D eigenvalue weighted by atomic mass is 15.2. The number of rotatable bonds is 6. The molecule has 106 valence electrons. The molecule has 5 heteroatoms. The van der Waals surface area contributed by atoms with Crippen LogP contribution >= 0.6 is 0 Å². The molecule has 2 aromatic rings. The summed E-state index contributed by atoms with van der Waals surface area (Å²) in [7, 11) is 0. The average Bonchev–Trinajstić information content (AvgIpc) is 3.16. The van der Waals surface area contributed by atoms with Gasteiger partial charge in [-0.15, -0.1) is 0 Å². The Morgan fingerprint density at radius 3 is 3.00 bits per heavy atom. The SMILES string of the molecule is c1ccc(CCN2CCC(NCc3ncn[nH]3)C2)cc1. The first-order valence-corrected chi connectivity index (χ1v) is 7.24. The van der Waals surface area contributed by atoms with E-state index in [1.54, 1.807) is 6.33 Å². The minimum atomic E-state index is 0.566. The van der Waals surface area contributed by atoms with E-state index in [-0.39, 0.29) is 0 Å². The molecule has 5 nitrogen and oxygen atoms in total. The third kappa shape index (κ3) is 3.65. The van der Waals surface area contributed by atoms with Gasteiger partial charge in [0.25, 0.3) is 0 Å². The first-order chi connectivity index (χ1) is 9.90. The number of benzene rings is 1. The molecule has 1 saturated heterocycles. The van der Waals surface area contributed by atoms with E-state index in [1.165, 1.54) is 18.5 Å². The first-order valence-electron chi connectivity index (χ1n) is 7.24. The predicted molar refractivity (Wildman–Crippen MR) is 78.2 cm³/mol. The van der Waals surface area contributed by atoms with E-state index in [2.05, 4.69) is 55.7 Å². The van der Waals surface area contributed by atoms with Crippen LogP contribution in [0.4, 0.5) is 0 Å².